The molecule has 7 nitrogen and oxygen atoms in total. The monoisotopic (exact) mass is 368 g/mol. The van der Waals surface area contributed by atoms with Crippen LogP contribution in [0.25, 0.3) is 5.69 Å². The summed E-state index contributed by atoms with van der Waals surface area (Å²) in [4.78, 5) is 12.4. The molecule has 0 aliphatic heterocycles. The normalized spacial score (nSPS) is 11.0. The lowest BCUT2D eigenvalue weighted by Gasteiger charge is -2.13. The zero-order valence-electron chi connectivity index (χ0n) is 16.1. The van der Waals surface area contributed by atoms with E-state index in [9.17, 15) is 4.79 Å². The highest BCUT2D eigenvalue weighted by molar-refractivity contribution is 5.90. The molecule has 3 rings (SSSR count). The highest BCUT2D eigenvalue weighted by Crippen LogP contribution is 2.20. The lowest BCUT2D eigenvalue weighted by molar-refractivity contribution is 0.0525. The van der Waals surface area contributed by atoms with Gasteiger partial charge in [0.15, 0.2) is 5.76 Å². The fourth-order valence-electron chi connectivity index (χ4n) is 2.98. The van der Waals surface area contributed by atoms with Gasteiger partial charge in [-0.2, -0.15) is 5.10 Å². The number of nitrogens with one attached hydrogen (secondary N) is 1. The van der Waals surface area contributed by atoms with Gasteiger partial charge in [-0.05, 0) is 39.3 Å². The first kappa shape index (κ1) is 18.8. The van der Waals surface area contributed by atoms with E-state index in [4.69, 9.17) is 9.26 Å². The smallest absolute Gasteiger partial charge is 0.341 e. The fourth-order valence-corrected chi connectivity index (χ4v) is 2.98. The number of nitrogens with zero attached hydrogens (tertiary/aromatic N) is 3. The van der Waals surface area contributed by atoms with Crippen molar-refractivity contribution in [3.8, 4) is 5.69 Å². The van der Waals surface area contributed by atoms with Gasteiger partial charge < -0.3 is 14.6 Å². The van der Waals surface area contributed by atoms with E-state index >= 15 is 0 Å². The van der Waals surface area contributed by atoms with Gasteiger partial charge in [0, 0.05) is 12.6 Å². The van der Waals surface area contributed by atoms with Crippen LogP contribution >= 0.6 is 0 Å². The average Bonchev–Trinajstić information content (AvgIpc) is 3.22. The Balaban J connectivity index is 1.89. The van der Waals surface area contributed by atoms with Crippen LogP contribution in [-0.2, 0) is 17.8 Å². The van der Waals surface area contributed by atoms with Crippen LogP contribution in [0.4, 0.5) is 0 Å². The maximum atomic E-state index is 12.4. The zero-order valence-corrected chi connectivity index (χ0v) is 16.1. The van der Waals surface area contributed by atoms with Crippen molar-refractivity contribution >= 4 is 5.97 Å². The van der Waals surface area contributed by atoms with Crippen molar-refractivity contribution in [2.75, 3.05) is 6.61 Å². The van der Waals surface area contributed by atoms with Crippen LogP contribution in [0.5, 0.6) is 0 Å². The van der Waals surface area contributed by atoms with Gasteiger partial charge in [0.1, 0.15) is 5.56 Å². The molecule has 2 heterocycles. The van der Waals surface area contributed by atoms with Crippen molar-refractivity contribution in [2.45, 2.75) is 40.8 Å². The minimum atomic E-state index is -0.374. The summed E-state index contributed by atoms with van der Waals surface area (Å²) < 4.78 is 12.2. The second-order valence-electron chi connectivity index (χ2n) is 6.47. The van der Waals surface area contributed by atoms with Crippen molar-refractivity contribution in [1.82, 2.24) is 20.3 Å². The molecule has 0 saturated heterocycles. The Morgan fingerprint density at radius 1 is 1.22 bits per heavy atom. The SMILES string of the molecule is CCOC(=O)c1cnn(-c2ccc(C)cc2C)c1CNCc1cc(C)no1. The third-order valence-corrected chi connectivity index (χ3v) is 4.21. The number of benzene rings is 1. The summed E-state index contributed by atoms with van der Waals surface area (Å²) in [5, 5.41) is 11.6. The number of aromatic nitrogens is 3. The first-order valence-electron chi connectivity index (χ1n) is 8.94. The molecular weight excluding hydrogens is 344 g/mol. The topological polar surface area (TPSA) is 82.2 Å². The molecule has 0 spiro atoms. The van der Waals surface area contributed by atoms with Gasteiger partial charge >= 0.3 is 5.97 Å². The van der Waals surface area contributed by atoms with Gasteiger partial charge in [-0.1, -0.05) is 22.9 Å². The van der Waals surface area contributed by atoms with Crippen molar-refractivity contribution < 1.29 is 14.1 Å². The third-order valence-electron chi connectivity index (χ3n) is 4.21. The summed E-state index contributed by atoms with van der Waals surface area (Å²) in [6.45, 7) is 8.99. The summed E-state index contributed by atoms with van der Waals surface area (Å²) in [5.74, 6) is 0.364. The Morgan fingerprint density at radius 3 is 2.70 bits per heavy atom. The Kier molecular flexibility index (Phi) is 5.71. The Morgan fingerprint density at radius 2 is 2.04 bits per heavy atom. The van der Waals surface area contributed by atoms with Gasteiger partial charge in [0.05, 0.1) is 36.4 Å². The summed E-state index contributed by atoms with van der Waals surface area (Å²) in [6.07, 6.45) is 1.56. The maximum Gasteiger partial charge on any atom is 0.341 e. The van der Waals surface area contributed by atoms with E-state index in [2.05, 4.69) is 21.6 Å². The number of esters is 1. The second kappa shape index (κ2) is 8.18. The number of carbonyl (C=O) groups excluding carboxylic acids is 1. The molecular formula is C20H24N4O3. The number of carbonyl (C=O) groups is 1. The van der Waals surface area contributed by atoms with E-state index in [1.54, 1.807) is 17.8 Å². The predicted molar refractivity (Wildman–Crippen MR) is 101 cm³/mol. The molecule has 0 amide bonds. The molecule has 0 unspecified atom stereocenters. The minimum Gasteiger partial charge on any atom is -0.462 e. The molecule has 1 N–H and O–H groups in total. The predicted octanol–water partition coefficient (Wildman–Crippen LogP) is 3.25. The molecule has 2 aromatic heterocycles. The molecule has 0 aliphatic carbocycles. The maximum absolute atomic E-state index is 12.4. The van der Waals surface area contributed by atoms with E-state index < -0.39 is 0 Å². The quantitative estimate of drug-likeness (QED) is 0.645. The van der Waals surface area contributed by atoms with Crippen LogP contribution in [0.2, 0.25) is 0 Å². The Hall–Kier alpha value is -2.93. The van der Waals surface area contributed by atoms with Crippen molar-refractivity contribution in [2.24, 2.45) is 0 Å². The molecule has 7 heteroatoms. The van der Waals surface area contributed by atoms with Crippen molar-refractivity contribution in [3.63, 3.8) is 0 Å². The molecule has 27 heavy (non-hydrogen) atoms. The number of ether oxygens (including phenoxy) is 1. The first-order valence-corrected chi connectivity index (χ1v) is 8.94. The van der Waals surface area contributed by atoms with Gasteiger partial charge in [-0.15, -0.1) is 0 Å². The fraction of sp³-hybridized carbons (Fsp3) is 0.350. The lowest BCUT2D eigenvalue weighted by atomic mass is 10.1. The van der Waals surface area contributed by atoms with E-state index in [1.165, 1.54) is 5.56 Å². The van der Waals surface area contributed by atoms with Crippen LogP contribution in [0, 0.1) is 20.8 Å². The van der Waals surface area contributed by atoms with E-state index in [0.717, 1.165) is 28.4 Å². The van der Waals surface area contributed by atoms with Crippen LogP contribution in [-0.4, -0.2) is 27.5 Å². The Bertz CT molecular complexity index is 943. The average molecular weight is 368 g/mol. The Labute approximate surface area is 158 Å². The van der Waals surface area contributed by atoms with Crippen molar-refractivity contribution in [1.29, 1.82) is 0 Å². The van der Waals surface area contributed by atoms with Gasteiger partial charge in [0.2, 0.25) is 0 Å². The standard InChI is InChI=1S/C20H24N4O3/c1-5-26-20(25)17-11-22-24(18-7-6-13(2)8-14(18)3)19(17)12-21-10-16-9-15(4)23-27-16/h6-9,11,21H,5,10,12H2,1-4H3. The van der Waals surface area contributed by atoms with Crippen molar-refractivity contribution in [3.05, 3.63) is 64.3 Å². The first-order chi connectivity index (χ1) is 13.0. The summed E-state index contributed by atoms with van der Waals surface area (Å²) in [7, 11) is 0. The van der Waals surface area contributed by atoms with Gasteiger partial charge in [-0.25, -0.2) is 9.48 Å². The number of aryl methyl sites for hydroxylation is 3. The molecule has 0 radical (unpaired) electrons. The van der Waals surface area contributed by atoms with Crippen LogP contribution < -0.4 is 5.32 Å². The highest BCUT2D eigenvalue weighted by Gasteiger charge is 2.20. The summed E-state index contributed by atoms with van der Waals surface area (Å²) >= 11 is 0. The molecule has 1 aromatic carbocycles. The number of hydrogen-bond donors (Lipinski definition) is 1. The van der Waals surface area contributed by atoms with E-state index in [0.29, 0.717) is 25.3 Å². The highest BCUT2D eigenvalue weighted by atomic mass is 16.5. The van der Waals surface area contributed by atoms with Gasteiger partial charge in [0.25, 0.3) is 0 Å². The number of rotatable bonds is 7. The summed E-state index contributed by atoms with van der Waals surface area (Å²) in [6, 6.07) is 8.01. The lowest BCUT2D eigenvalue weighted by Crippen LogP contribution is -2.19. The van der Waals surface area contributed by atoms with E-state index in [1.807, 2.05) is 39.0 Å². The van der Waals surface area contributed by atoms with Crippen LogP contribution in [0.15, 0.2) is 35.0 Å². The molecule has 0 atom stereocenters. The molecule has 0 bridgehead atoms. The second-order valence-corrected chi connectivity index (χ2v) is 6.47. The van der Waals surface area contributed by atoms with E-state index in [-0.39, 0.29) is 5.97 Å². The minimum absolute atomic E-state index is 0.317. The third kappa shape index (κ3) is 4.25. The zero-order chi connectivity index (χ0) is 19.4. The molecule has 142 valence electrons. The largest absolute Gasteiger partial charge is 0.462 e. The molecule has 3 aromatic rings. The molecule has 0 aliphatic rings. The number of hydrogen-bond acceptors (Lipinski definition) is 6. The van der Waals surface area contributed by atoms with Gasteiger partial charge in [-0.3, -0.25) is 0 Å². The van der Waals surface area contributed by atoms with Crippen LogP contribution in [0.3, 0.4) is 0 Å². The summed E-state index contributed by atoms with van der Waals surface area (Å²) in [5.41, 5.74) is 5.23. The molecule has 0 fully saturated rings. The molecule has 0 saturated carbocycles. The van der Waals surface area contributed by atoms with Crippen LogP contribution in [0.1, 0.15) is 45.6 Å².